The molecular formula is C12H23NO2. The van der Waals surface area contributed by atoms with Crippen LogP contribution in [0, 0.1) is 11.8 Å². The molecule has 0 saturated heterocycles. The van der Waals surface area contributed by atoms with Crippen molar-refractivity contribution in [3.63, 3.8) is 0 Å². The highest BCUT2D eigenvalue weighted by atomic mass is 16.5. The first-order valence-electron chi connectivity index (χ1n) is 5.87. The summed E-state index contributed by atoms with van der Waals surface area (Å²) in [7, 11) is 1.48. The summed E-state index contributed by atoms with van der Waals surface area (Å²) >= 11 is 0. The number of hydrogen-bond acceptors (Lipinski definition) is 3. The van der Waals surface area contributed by atoms with Gasteiger partial charge in [-0.3, -0.25) is 4.79 Å². The highest BCUT2D eigenvalue weighted by Crippen LogP contribution is 2.36. The van der Waals surface area contributed by atoms with Crippen LogP contribution in [0.15, 0.2) is 0 Å². The predicted octanol–water partition coefficient (Wildman–Crippen LogP) is 1.96. The number of rotatable bonds is 3. The largest absolute Gasteiger partial charge is 0.468 e. The molecule has 3 nitrogen and oxygen atoms in total. The second kappa shape index (κ2) is 4.97. The van der Waals surface area contributed by atoms with E-state index in [0.29, 0.717) is 11.8 Å². The molecule has 1 rings (SSSR count). The average Bonchev–Trinajstić information content (AvgIpc) is 2.15. The molecule has 2 unspecified atom stereocenters. The van der Waals surface area contributed by atoms with E-state index in [2.05, 4.69) is 19.2 Å². The van der Waals surface area contributed by atoms with Gasteiger partial charge < -0.3 is 10.1 Å². The second-order valence-corrected chi connectivity index (χ2v) is 4.96. The molecule has 1 saturated carbocycles. The Morgan fingerprint density at radius 3 is 2.33 bits per heavy atom. The number of carbonyl (C=O) groups excluding carboxylic acids is 1. The molecule has 0 aliphatic heterocycles. The zero-order valence-electron chi connectivity index (χ0n) is 10.3. The molecule has 1 aliphatic rings. The predicted molar refractivity (Wildman–Crippen MR) is 60.6 cm³/mol. The molecule has 1 fully saturated rings. The van der Waals surface area contributed by atoms with Crippen molar-refractivity contribution in [2.75, 3.05) is 13.7 Å². The summed E-state index contributed by atoms with van der Waals surface area (Å²) in [5.74, 6) is 1.08. The fourth-order valence-corrected chi connectivity index (χ4v) is 3.04. The van der Waals surface area contributed by atoms with Gasteiger partial charge in [-0.05, 0) is 37.6 Å². The van der Waals surface area contributed by atoms with E-state index in [1.165, 1.54) is 13.5 Å². The van der Waals surface area contributed by atoms with E-state index in [-0.39, 0.29) is 5.97 Å². The summed E-state index contributed by atoms with van der Waals surface area (Å²) in [6.45, 7) is 7.28. The molecule has 15 heavy (non-hydrogen) atoms. The second-order valence-electron chi connectivity index (χ2n) is 4.96. The van der Waals surface area contributed by atoms with Crippen LogP contribution in [-0.4, -0.2) is 25.2 Å². The van der Waals surface area contributed by atoms with Gasteiger partial charge in [-0.1, -0.05) is 20.8 Å². The molecule has 0 amide bonds. The molecule has 1 N–H and O–H groups in total. The molecule has 0 aromatic carbocycles. The van der Waals surface area contributed by atoms with E-state index < -0.39 is 5.54 Å². The first-order chi connectivity index (χ1) is 7.04. The molecule has 0 aromatic rings. The van der Waals surface area contributed by atoms with Crippen molar-refractivity contribution in [3.8, 4) is 0 Å². The van der Waals surface area contributed by atoms with Crippen molar-refractivity contribution in [2.45, 2.75) is 45.6 Å². The minimum atomic E-state index is -0.430. The molecule has 0 bridgehead atoms. The number of likely N-dealkylation sites (N-methyl/N-ethyl adjacent to an activating group) is 1. The van der Waals surface area contributed by atoms with Crippen molar-refractivity contribution >= 4 is 5.97 Å². The van der Waals surface area contributed by atoms with E-state index in [1.54, 1.807) is 0 Å². The molecule has 88 valence electrons. The fraction of sp³-hybridized carbons (Fsp3) is 0.917. The average molecular weight is 213 g/mol. The molecule has 0 spiro atoms. The van der Waals surface area contributed by atoms with Crippen LogP contribution in [0.3, 0.4) is 0 Å². The first-order valence-corrected chi connectivity index (χ1v) is 5.87. The van der Waals surface area contributed by atoms with E-state index >= 15 is 0 Å². The van der Waals surface area contributed by atoms with Gasteiger partial charge >= 0.3 is 5.97 Å². The Kier molecular flexibility index (Phi) is 4.14. The number of esters is 1. The lowest BCUT2D eigenvalue weighted by atomic mass is 9.71. The molecule has 0 radical (unpaired) electrons. The van der Waals surface area contributed by atoms with Crippen LogP contribution in [0.5, 0.6) is 0 Å². The van der Waals surface area contributed by atoms with E-state index in [1.807, 2.05) is 6.92 Å². The summed E-state index contributed by atoms with van der Waals surface area (Å²) in [5, 5.41) is 3.33. The van der Waals surface area contributed by atoms with Gasteiger partial charge in [0, 0.05) is 0 Å². The number of nitrogens with one attached hydrogen (secondary N) is 1. The zero-order valence-corrected chi connectivity index (χ0v) is 10.3. The number of carbonyl (C=O) groups is 1. The van der Waals surface area contributed by atoms with Crippen molar-refractivity contribution < 1.29 is 9.53 Å². The van der Waals surface area contributed by atoms with Gasteiger partial charge in [-0.25, -0.2) is 0 Å². The van der Waals surface area contributed by atoms with E-state index in [4.69, 9.17) is 4.74 Å². The summed E-state index contributed by atoms with van der Waals surface area (Å²) in [4.78, 5) is 11.9. The molecule has 2 atom stereocenters. The van der Waals surface area contributed by atoms with E-state index in [9.17, 15) is 4.79 Å². The lowest BCUT2D eigenvalue weighted by Crippen LogP contribution is -2.56. The van der Waals surface area contributed by atoms with Crippen LogP contribution in [0.4, 0.5) is 0 Å². The highest BCUT2D eigenvalue weighted by molar-refractivity contribution is 5.81. The van der Waals surface area contributed by atoms with E-state index in [0.717, 1.165) is 19.4 Å². The van der Waals surface area contributed by atoms with Crippen LogP contribution in [0.25, 0.3) is 0 Å². The maximum atomic E-state index is 11.9. The van der Waals surface area contributed by atoms with Crippen LogP contribution in [-0.2, 0) is 9.53 Å². The van der Waals surface area contributed by atoms with Crippen LogP contribution >= 0.6 is 0 Å². The summed E-state index contributed by atoms with van der Waals surface area (Å²) in [6.07, 6.45) is 3.01. The minimum absolute atomic E-state index is 0.0947. The normalized spacial score (nSPS) is 36.3. The quantitative estimate of drug-likeness (QED) is 0.728. The van der Waals surface area contributed by atoms with Crippen molar-refractivity contribution in [3.05, 3.63) is 0 Å². The molecule has 1 aliphatic carbocycles. The molecule has 0 aromatic heterocycles. The monoisotopic (exact) mass is 213 g/mol. The Hall–Kier alpha value is -0.570. The third kappa shape index (κ3) is 2.71. The number of hydrogen-bond donors (Lipinski definition) is 1. The van der Waals surface area contributed by atoms with Crippen molar-refractivity contribution in [1.29, 1.82) is 0 Å². The third-order valence-electron chi connectivity index (χ3n) is 3.29. The standard InChI is InChI=1S/C12H23NO2/c1-5-13-12(11(14)15-4)7-9(2)6-10(3)8-12/h9-10,13H,5-8H2,1-4H3. The Labute approximate surface area is 92.6 Å². The topological polar surface area (TPSA) is 38.3 Å². The Bertz CT molecular complexity index is 218. The van der Waals surface area contributed by atoms with Gasteiger partial charge in [0.25, 0.3) is 0 Å². The SMILES string of the molecule is CCNC1(C(=O)OC)CC(C)CC(C)C1. The summed E-state index contributed by atoms with van der Waals surface area (Å²) < 4.78 is 4.94. The van der Waals surface area contributed by atoms with Crippen LogP contribution < -0.4 is 5.32 Å². The summed E-state index contributed by atoms with van der Waals surface area (Å²) in [5.41, 5.74) is -0.430. The summed E-state index contributed by atoms with van der Waals surface area (Å²) in [6, 6.07) is 0. The van der Waals surface area contributed by atoms with Crippen LogP contribution in [0.2, 0.25) is 0 Å². The van der Waals surface area contributed by atoms with Gasteiger partial charge in [0.2, 0.25) is 0 Å². The van der Waals surface area contributed by atoms with Gasteiger partial charge in [-0.15, -0.1) is 0 Å². The lowest BCUT2D eigenvalue weighted by molar-refractivity contribution is -0.151. The number of ether oxygens (including phenoxy) is 1. The van der Waals surface area contributed by atoms with Gasteiger partial charge in [0.15, 0.2) is 0 Å². The maximum Gasteiger partial charge on any atom is 0.326 e. The minimum Gasteiger partial charge on any atom is -0.468 e. The third-order valence-corrected chi connectivity index (χ3v) is 3.29. The Balaban J connectivity index is 2.83. The first kappa shape index (κ1) is 12.5. The van der Waals surface area contributed by atoms with Gasteiger partial charge in [0.05, 0.1) is 7.11 Å². The Morgan fingerprint density at radius 2 is 1.93 bits per heavy atom. The lowest BCUT2D eigenvalue weighted by Gasteiger charge is -2.41. The maximum absolute atomic E-state index is 11.9. The molecular weight excluding hydrogens is 190 g/mol. The van der Waals surface area contributed by atoms with Gasteiger partial charge in [0.1, 0.15) is 5.54 Å². The van der Waals surface area contributed by atoms with Crippen LogP contribution in [0.1, 0.15) is 40.0 Å². The fourth-order valence-electron chi connectivity index (χ4n) is 3.04. The smallest absolute Gasteiger partial charge is 0.326 e. The molecule has 3 heteroatoms. The van der Waals surface area contributed by atoms with Crippen molar-refractivity contribution in [1.82, 2.24) is 5.32 Å². The van der Waals surface area contributed by atoms with Crippen molar-refractivity contribution in [2.24, 2.45) is 11.8 Å². The Morgan fingerprint density at radius 1 is 1.40 bits per heavy atom. The highest BCUT2D eigenvalue weighted by Gasteiger charge is 2.44. The molecule has 0 heterocycles. The zero-order chi connectivity index (χ0) is 11.5. The number of methoxy groups -OCH3 is 1. The van der Waals surface area contributed by atoms with Gasteiger partial charge in [-0.2, -0.15) is 0 Å².